The van der Waals surface area contributed by atoms with Crippen molar-refractivity contribution >= 4 is 27.3 Å². The molecule has 0 bridgehead atoms. The highest BCUT2D eigenvalue weighted by Crippen LogP contribution is 2.29. The lowest BCUT2D eigenvalue weighted by molar-refractivity contribution is 0.188. The summed E-state index contributed by atoms with van der Waals surface area (Å²) in [6, 6.07) is 3.04. The number of thiophene rings is 1. The molecule has 1 N–H and O–H groups in total. The highest BCUT2D eigenvalue weighted by Gasteiger charge is 2.19. The molecule has 0 saturated carbocycles. The summed E-state index contributed by atoms with van der Waals surface area (Å²) in [6.45, 7) is 3.96. The molecule has 14 heavy (non-hydrogen) atoms. The van der Waals surface area contributed by atoms with Gasteiger partial charge in [0.1, 0.15) is 0 Å². The number of ether oxygens (including phenoxy) is 1. The molecule has 1 saturated heterocycles. The van der Waals surface area contributed by atoms with Crippen LogP contribution in [0.5, 0.6) is 0 Å². The molecule has 0 aromatic carbocycles. The third-order valence-corrected chi connectivity index (χ3v) is 4.51. The van der Waals surface area contributed by atoms with Crippen LogP contribution in [0, 0.1) is 0 Å². The van der Waals surface area contributed by atoms with E-state index in [1.165, 1.54) is 9.35 Å². The van der Waals surface area contributed by atoms with E-state index in [0.717, 1.165) is 19.6 Å². The second kappa shape index (κ2) is 4.75. The Kier molecular flexibility index (Phi) is 3.60. The third-order valence-electron chi connectivity index (χ3n) is 2.45. The van der Waals surface area contributed by atoms with Gasteiger partial charge in [-0.1, -0.05) is 0 Å². The predicted octanol–water partition coefficient (Wildman–Crippen LogP) is 2.95. The standard InChI is InChI=1S/C10H14BrNOS/c1-7(10-9(11)3-5-14-10)12-8-2-4-13-6-8/h3,5,7-8,12H,2,4,6H2,1H3. The SMILES string of the molecule is CC(NC1CCOC1)c1sccc1Br. The normalized spacial score (nSPS) is 24.0. The monoisotopic (exact) mass is 275 g/mol. The Labute approximate surface area is 96.8 Å². The molecule has 1 aliphatic heterocycles. The summed E-state index contributed by atoms with van der Waals surface area (Å²) in [5, 5.41) is 5.69. The van der Waals surface area contributed by atoms with E-state index in [1.54, 1.807) is 11.3 Å². The number of rotatable bonds is 3. The second-order valence-corrected chi connectivity index (χ2v) is 5.38. The lowest BCUT2D eigenvalue weighted by Crippen LogP contribution is -2.31. The quantitative estimate of drug-likeness (QED) is 0.916. The molecule has 2 heterocycles. The number of halogens is 1. The van der Waals surface area contributed by atoms with Crippen LogP contribution in [-0.4, -0.2) is 19.3 Å². The third kappa shape index (κ3) is 2.37. The Hall–Kier alpha value is 0.100. The molecule has 1 aliphatic rings. The summed E-state index contributed by atoms with van der Waals surface area (Å²) in [5.74, 6) is 0. The van der Waals surface area contributed by atoms with E-state index in [2.05, 4.69) is 39.6 Å². The van der Waals surface area contributed by atoms with Gasteiger partial charge < -0.3 is 10.1 Å². The molecule has 0 aliphatic carbocycles. The molecule has 2 unspecified atom stereocenters. The van der Waals surface area contributed by atoms with E-state index in [0.29, 0.717) is 12.1 Å². The number of hydrogen-bond donors (Lipinski definition) is 1. The van der Waals surface area contributed by atoms with Crippen LogP contribution in [0.4, 0.5) is 0 Å². The predicted molar refractivity (Wildman–Crippen MR) is 62.8 cm³/mol. The molecular formula is C10H14BrNOS. The maximum atomic E-state index is 5.33. The van der Waals surface area contributed by atoms with Crippen LogP contribution >= 0.6 is 27.3 Å². The minimum Gasteiger partial charge on any atom is -0.380 e. The molecule has 1 fully saturated rings. The minimum atomic E-state index is 0.413. The van der Waals surface area contributed by atoms with Crippen molar-refractivity contribution in [1.29, 1.82) is 0 Å². The maximum Gasteiger partial charge on any atom is 0.0620 e. The summed E-state index contributed by atoms with van der Waals surface area (Å²) in [5.41, 5.74) is 0. The Bertz CT molecular complexity index is 296. The van der Waals surface area contributed by atoms with Crippen LogP contribution in [0.1, 0.15) is 24.3 Å². The fourth-order valence-corrected chi connectivity index (χ4v) is 3.44. The number of hydrogen-bond acceptors (Lipinski definition) is 3. The van der Waals surface area contributed by atoms with Crippen molar-refractivity contribution in [3.8, 4) is 0 Å². The molecule has 2 nitrogen and oxygen atoms in total. The second-order valence-electron chi connectivity index (χ2n) is 3.58. The van der Waals surface area contributed by atoms with Gasteiger partial charge in [0.2, 0.25) is 0 Å². The van der Waals surface area contributed by atoms with Gasteiger partial charge >= 0.3 is 0 Å². The van der Waals surface area contributed by atoms with E-state index in [9.17, 15) is 0 Å². The molecular weight excluding hydrogens is 262 g/mol. The van der Waals surface area contributed by atoms with Crippen molar-refractivity contribution in [3.63, 3.8) is 0 Å². The van der Waals surface area contributed by atoms with Gasteiger partial charge in [-0.15, -0.1) is 11.3 Å². The topological polar surface area (TPSA) is 21.3 Å². The molecule has 0 amide bonds. The number of nitrogens with one attached hydrogen (secondary N) is 1. The summed E-state index contributed by atoms with van der Waals surface area (Å²) < 4.78 is 6.54. The van der Waals surface area contributed by atoms with Gasteiger partial charge in [-0.25, -0.2) is 0 Å². The summed E-state index contributed by atoms with van der Waals surface area (Å²) in [6.07, 6.45) is 1.13. The first kappa shape index (κ1) is 10.6. The zero-order valence-corrected chi connectivity index (χ0v) is 10.5. The molecule has 78 valence electrons. The molecule has 2 rings (SSSR count). The van der Waals surface area contributed by atoms with Gasteiger partial charge in [0.15, 0.2) is 0 Å². The lowest BCUT2D eigenvalue weighted by Gasteiger charge is -2.17. The van der Waals surface area contributed by atoms with E-state index in [4.69, 9.17) is 4.74 Å². The Balaban J connectivity index is 1.95. The first-order valence-electron chi connectivity index (χ1n) is 4.84. The summed E-state index contributed by atoms with van der Waals surface area (Å²) in [7, 11) is 0. The Morgan fingerprint density at radius 3 is 3.14 bits per heavy atom. The van der Waals surface area contributed by atoms with Gasteiger partial charge in [-0.3, -0.25) is 0 Å². The van der Waals surface area contributed by atoms with Crippen molar-refractivity contribution < 1.29 is 4.74 Å². The van der Waals surface area contributed by atoms with Gasteiger partial charge in [-0.2, -0.15) is 0 Å². The Morgan fingerprint density at radius 2 is 2.57 bits per heavy atom. The van der Waals surface area contributed by atoms with E-state index in [1.807, 2.05) is 0 Å². The highest BCUT2D eigenvalue weighted by molar-refractivity contribution is 9.10. The smallest absolute Gasteiger partial charge is 0.0620 e. The Morgan fingerprint density at radius 1 is 1.71 bits per heavy atom. The van der Waals surface area contributed by atoms with Crippen LogP contribution in [0.15, 0.2) is 15.9 Å². The van der Waals surface area contributed by atoms with Crippen molar-refractivity contribution in [2.75, 3.05) is 13.2 Å². The fraction of sp³-hybridized carbons (Fsp3) is 0.600. The molecule has 0 spiro atoms. The van der Waals surface area contributed by atoms with Gasteiger partial charge in [0, 0.05) is 28.0 Å². The highest BCUT2D eigenvalue weighted by atomic mass is 79.9. The van der Waals surface area contributed by atoms with Crippen molar-refractivity contribution in [3.05, 3.63) is 20.8 Å². The minimum absolute atomic E-state index is 0.413. The lowest BCUT2D eigenvalue weighted by atomic mass is 10.2. The molecule has 0 radical (unpaired) electrons. The molecule has 2 atom stereocenters. The molecule has 4 heteroatoms. The van der Waals surface area contributed by atoms with Gasteiger partial charge in [0.05, 0.1) is 6.61 Å². The average Bonchev–Trinajstić information content (AvgIpc) is 2.75. The largest absolute Gasteiger partial charge is 0.380 e. The van der Waals surface area contributed by atoms with Crippen LogP contribution in [0.3, 0.4) is 0 Å². The summed E-state index contributed by atoms with van der Waals surface area (Å²) in [4.78, 5) is 1.37. The zero-order valence-electron chi connectivity index (χ0n) is 8.13. The maximum absolute atomic E-state index is 5.33. The van der Waals surface area contributed by atoms with Crippen molar-refractivity contribution in [2.24, 2.45) is 0 Å². The molecule has 1 aromatic heterocycles. The van der Waals surface area contributed by atoms with E-state index >= 15 is 0 Å². The fourth-order valence-electron chi connectivity index (χ4n) is 1.71. The van der Waals surface area contributed by atoms with Crippen molar-refractivity contribution in [1.82, 2.24) is 5.32 Å². The first-order chi connectivity index (χ1) is 6.77. The van der Waals surface area contributed by atoms with E-state index < -0.39 is 0 Å². The molecule has 1 aromatic rings. The van der Waals surface area contributed by atoms with Crippen LogP contribution < -0.4 is 5.32 Å². The van der Waals surface area contributed by atoms with Crippen LogP contribution in [0.2, 0.25) is 0 Å². The van der Waals surface area contributed by atoms with Crippen LogP contribution in [0.25, 0.3) is 0 Å². The zero-order chi connectivity index (χ0) is 9.97. The average molecular weight is 276 g/mol. The first-order valence-corrected chi connectivity index (χ1v) is 6.51. The van der Waals surface area contributed by atoms with Gasteiger partial charge in [-0.05, 0) is 40.7 Å². The van der Waals surface area contributed by atoms with Gasteiger partial charge in [0.25, 0.3) is 0 Å². The van der Waals surface area contributed by atoms with Crippen molar-refractivity contribution in [2.45, 2.75) is 25.4 Å². The summed E-state index contributed by atoms with van der Waals surface area (Å²) >= 11 is 5.35. The van der Waals surface area contributed by atoms with Crippen LogP contribution in [-0.2, 0) is 4.74 Å². The van der Waals surface area contributed by atoms with E-state index in [-0.39, 0.29) is 0 Å².